The standard InChI is InChI=1S/C20H20FN5O/c1-25-8-9-26(2)19(13-25)24-18-7-6-14(12-22)10-17(18)20(27)23-16-5-3-4-15(21)11-16/h3-7,10-11H,8-9,13H2,1-2H3,(H,23,27)/b24-19-. The van der Waals surface area contributed by atoms with E-state index in [4.69, 9.17) is 0 Å². The number of hydrogen-bond acceptors (Lipinski definition) is 4. The van der Waals surface area contributed by atoms with Gasteiger partial charge in [0.25, 0.3) is 5.91 Å². The highest BCUT2D eigenvalue weighted by Crippen LogP contribution is 2.23. The lowest BCUT2D eigenvalue weighted by molar-refractivity contribution is 0.102. The molecule has 27 heavy (non-hydrogen) atoms. The van der Waals surface area contributed by atoms with Gasteiger partial charge in [-0.2, -0.15) is 5.26 Å². The second-order valence-electron chi connectivity index (χ2n) is 6.50. The number of nitrogens with one attached hydrogen (secondary N) is 1. The molecule has 7 heteroatoms. The normalized spacial score (nSPS) is 16.2. The number of benzene rings is 2. The number of likely N-dealkylation sites (N-methyl/N-ethyl adjacent to an activating group) is 2. The van der Waals surface area contributed by atoms with Crippen LogP contribution in [-0.4, -0.2) is 55.3 Å². The third kappa shape index (κ3) is 4.49. The molecule has 3 rings (SSSR count). The van der Waals surface area contributed by atoms with Gasteiger partial charge in [-0.15, -0.1) is 0 Å². The molecule has 2 aromatic rings. The van der Waals surface area contributed by atoms with E-state index < -0.39 is 11.7 Å². The fourth-order valence-electron chi connectivity index (χ4n) is 2.80. The first-order valence-electron chi connectivity index (χ1n) is 8.54. The molecule has 1 fully saturated rings. The molecule has 0 aromatic heterocycles. The molecule has 0 unspecified atom stereocenters. The SMILES string of the molecule is CN1CCN(C)/C(=N\c2ccc(C#N)cc2C(=O)Nc2cccc(F)c2)C1. The number of nitriles is 1. The average molecular weight is 365 g/mol. The maximum atomic E-state index is 13.4. The highest BCUT2D eigenvalue weighted by Gasteiger charge is 2.19. The third-order valence-corrected chi connectivity index (χ3v) is 4.37. The van der Waals surface area contributed by atoms with E-state index in [0.29, 0.717) is 23.5 Å². The number of carbonyl (C=O) groups is 1. The van der Waals surface area contributed by atoms with E-state index >= 15 is 0 Å². The van der Waals surface area contributed by atoms with Gasteiger partial charge in [-0.1, -0.05) is 6.07 Å². The fraction of sp³-hybridized carbons (Fsp3) is 0.250. The quantitative estimate of drug-likeness (QED) is 0.908. The number of rotatable bonds is 3. The number of anilines is 1. The van der Waals surface area contributed by atoms with E-state index in [2.05, 4.69) is 15.2 Å². The van der Waals surface area contributed by atoms with Crippen molar-refractivity contribution in [3.8, 4) is 6.07 Å². The van der Waals surface area contributed by atoms with Gasteiger partial charge in [-0.25, -0.2) is 9.38 Å². The van der Waals surface area contributed by atoms with Crippen LogP contribution in [0.5, 0.6) is 0 Å². The van der Waals surface area contributed by atoms with Crippen molar-refractivity contribution in [2.75, 3.05) is 39.0 Å². The number of nitrogens with zero attached hydrogens (tertiary/aromatic N) is 4. The van der Waals surface area contributed by atoms with Gasteiger partial charge in [0.15, 0.2) is 0 Å². The van der Waals surface area contributed by atoms with Gasteiger partial charge >= 0.3 is 0 Å². The molecule has 1 aliphatic heterocycles. The molecule has 0 spiro atoms. The van der Waals surface area contributed by atoms with Crippen LogP contribution in [0.1, 0.15) is 15.9 Å². The average Bonchev–Trinajstić information content (AvgIpc) is 2.65. The molecular formula is C20H20FN5O. The van der Waals surface area contributed by atoms with Crippen LogP contribution in [0, 0.1) is 17.1 Å². The lowest BCUT2D eigenvalue weighted by atomic mass is 10.1. The van der Waals surface area contributed by atoms with Gasteiger partial charge in [0, 0.05) is 25.8 Å². The Balaban J connectivity index is 1.95. The molecule has 1 amide bonds. The van der Waals surface area contributed by atoms with E-state index in [9.17, 15) is 14.4 Å². The Morgan fingerprint density at radius 3 is 2.78 bits per heavy atom. The Hall–Kier alpha value is -3.24. The molecule has 0 saturated carbocycles. The maximum absolute atomic E-state index is 13.4. The number of hydrogen-bond donors (Lipinski definition) is 1. The molecule has 138 valence electrons. The summed E-state index contributed by atoms with van der Waals surface area (Å²) >= 11 is 0. The Kier molecular flexibility index (Phi) is 5.48. The van der Waals surface area contributed by atoms with Gasteiger partial charge in [-0.05, 0) is 43.4 Å². The van der Waals surface area contributed by atoms with E-state index in [1.807, 2.05) is 25.1 Å². The minimum Gasteiger partial charge on any atom is -0.361 e. The monoisotopic (exact) mass is 365 g/mol. The summed E-state index contributed by atoms with van der Waals surface area (Å²) in [6.45, 7) is 2.45. The largest absolute Gasteiger partial charge is 0.361 e. The molecule has 1 heterocycles. The minimum atomic E-state index is -0.441. The van der Waals surface area contributed by atoms with Crippen LogP contribution in [0.25, 0.3) is 0 Å². The Morgan fingerprint density at radius 1 is 1.22 bits per heavy atom. The van der Waals surface area contributed by atoms with Crippen molar-refractivity contribution >= 4 is 23.1 Å². The van der Waals surface area contributed by atoms with Gasteiger partial charge in [0.05, 0.1) is 29.4 Å². The summed E-state index contributed by atoms with van der Waals surface area (Å²) in [6.07, 6.45) is 0. The first-order valence-corrected chi connectivity index (χ1v) is 8.54. The molecular weight excluding hydrogens is 345 g/mol. The molecule has 2 aromatic carbocycles. The highest BCUT2D eigenvalue weighted by molar-refractivity contribution is 6.08. The number of halogens is 1. The van der Waals surface area contributed by atoms with Crippen molar-refractivity contribution in [1.29, 1.82) is 5.26 Å². The molecule has 0 radical (unpaired) electrons. The van der Waals surface area contributed by atoms with Gasteiger partial charge in [0.2, 0.25) is 0 Å². The number of piperazine rings is 1. The zero-order chi connectivity index (χ0) is 19.4. The fourth-order valence-corrected chi connectivity index (χ4v) is 2.80. The summed E-state index contributed by atoms with van der Waals surface area (Å²) < 4.78 is 13.4. The van der Waals surface area contributed by atoms with Crippen LogP contribution in [-0.2, 0) is 0 Å². The van der Waals surface area contributed by atoms with E-state index in [0.717, 1.165) is 18.9 Å². The Labute approximate surface area is 157 Å². The molecule has 0 bridgehead atoms. The minimum absolute atomic E-state index is 0.271. The first kappa shape index (κ1) is 18.5. The topological polar surface area (TPSA) is 71.7 Å². The smallest absolute Gasteiger partial charge is 0.257 e. The van der Waals surface area contributed by atoms with Crippen molar-refractivity contribution in [3.63, 3.8) is 0 Å². The van der Waals surface area contributed by atoms with Crippen LogP contribution < -0.4 is 5.32 Å². The second-order valence-corrected chi connectivity index (χ2v) is 6.50. The Bertz CT molecular complexity index is 934. The summed E-state index contributed by atoms with van der Waals surface area (Å²) in [5, 5.41) is 11.8. The molecule has 0 aliphatic carbocycles. The van der Waals surface area contributed by atoms with Crippen molar-refractivity contribution in [2.45, 2.75) is 0 Å². The lowest BCUT2D eigenvalue weighted by Gasteiger charge is -2.32. The van der Waals surface area contributed by atoms with Crippen molar-refractivity contribution in [3.05, 3.63) is 59.4 Å². The zero-order valence-corrected chi connectivity index (χ0v) is 15.2. The molecule has 1 saturated heterocycles. The summed E-state index contributed by atoms with van der Waals surface area (Å²) in [4.78, 5) is 21.6. The molecule has 6 nitrogen and oxygen atoms in total. The number of aliphatic imine (C=N–C) groups is 1. The number of carbonyl (C=O) groups excluding carboxylic acids is 1. The van der Waals surface area contributed by atoms with Crippen molar-refractivity contribution in [1.82, 2.24) is 9.80 Å². The Morgan fingerprint density at radius 2 is 2.04 bits per heavy atom. The van der Waals surface area contributed by atoms with E-state index in [1.54, 1.807) is 18.2 Å². The predicted molar refractivity (Wildman–Crippen MR) is 103 cm³/mol. The second kappa shape index (κ2) is 7.98. The zero-order valence-electron chi connectivity index (χ0n) is 15.2. The van der Waals surface area contributed by atoms with Crippen LogP contribution in [0.3, 0.4) is 0 Å². The number of amides is 1. The number of amidine groups is 1. The van der Waals surface area contributed by atoms with Crippen LogP contribution in [0.4, 0.5) is 15.8 Å². The summed E-state index contributed by atoms with van der Waals surface area (Å²) in [5.41, 5.74) is 1.44. The van der Waals surface area contributed by atoms with Gasteiger partial charge in [0.1, 0.15) is 11.7 Å². The van der Waals surface area contributed by atoms with Crippen LogP contribution in [0.15, 0.2) is 47.5 Å². The molecule has 1 N–H and O–H groups in total. The van der Waals surface area contributed by atoms with Crippen molar-refractivity contribution < 1.29 is 9.18 Å². The first-order chi connectivity index (χ1) is 13.0. The van der Waals surface area contributed by atoms with E-state index in [-0.39, 0.29) is 5.56 Å². The lowest BCUT2D eigenvalue weighted by Crippen LogP contribution is -2.46. The maximum Gasteiger partial charge on any atom is 0.257 e. The third-order valence-electron chi connectivity index (χ3n) is 4.37. The highest BCUT2D eigenvalue weighted by atomic mass is 19.1. The molecule has 1 aliphatic rings. The summed E-state index contributed by atoms with van der Waals surface area (Å²) in [5.74, 6) is -0.0389. The van der Waals surface area contributed by atoms with E-state index in [1.165, 1.54) is 24.3 Å². The van der Waals surface area contributed by atoms with Crippen molar-refractivity contribution in [2.24, 2.45) is 4.99 Å². The van der Waals surface area contributed by atoms with Crippen LogP contribution in [0.2, 0.25) is 0 Å². The van der Waals surface area contributed by atoms with Gasteiger partial charge in [-0.3, -0.25) is 9.69 Å². The predicted octanol–water partition coefficient (Wildman–Crippen LogP) is 2.86. The summed E-state index contributed by atoms with van der Waals surface area (Å²) in [7, 11) is 3.97. The van der Waals surface area contributed by atoms with Crippen LogP contribution >= 0.6 is 0 Å². The summed E-state index contributed by atoms with van der Waals surface area (Å²) in [6, 6.07) is 12.5. The molecule has 0 atom stereocenters. The van der Waals surface area contributed by atoms with Gasteiger partial charge < -0.3 is 10.2 Å².